The van der Waals surface area contributed by atoms with Crippen LogP contribution in [-0.2, 0) is 16.6 Å². The van der Waals surface area contributed by atoms with Crippen LogP contribution in [0.4, 0.5) is 5.82 Å². The van der Waals surface area contributed by atoms with E-state index in [0.717, 1.165) is 84.6 Å². The predicted molar refractivity (Wildman–Crippen MR) is 148 cm³/mol. The summed E-state index contributed by atoms with van der Waals surface area (Å²) in [5, 5.41) is 15.7. The molecule has 7 rings (SSSR count). The zero-order valence-electron chi connectivity index (χ0n) is 22.3. The van der Waals surface area contributed by atoms with Gasteiger partial charge >= 0.3 is 0 Å². The highest BCUT2D eigenvalue weighted by atomic mass is 16.5. The lowest BCUT2D eigenvalue weighted by Crippen LogP contribution is -2.57. The molecule has 5 heterocycles. The van der Waals surface area contributed by atoms with Gasteiger partial charge in [0, 0.05) is 50.2 Å². The molecule has 3 aromatic heterocycles. The fourth-order valence-corrected chi connectivity index (χ4v) is 6.14. The van der Waals surface area contributed by atoms with Crippen molar-refractivity contribution >= 4 is 28.8 Å². The Kier molecular flexibility index (Phi) is 5.89. The number of pyridine rings is 2. The van der Waals surface area contributed by atoms with Crippen molar-refractivity contribution in [1.29, 1.82) is 5.26 Å². The highest BCUT2D eigenvalue weighted by molar-refractivity contribution is 5.95. The number of carbonyl (C=O) groups is 1. The molecule has 0 aromatic carbocycles. The highest BCUT2D eigenvalue weighted by Crippen LogP contribution is 2.46. The van der Waals surface area contributed by atoms with Crippen molar-refractivity contribution in [3.63, 3.8) is 0 Å². The van der Waals surface area contributed by atoms with E-state index >= 15 is 0 Å². The van der Waals surface area contributed by atoms with E-state index in [9.17, 15) is 10.1 Å². The van der Waals surface area contributed by atoms with Crippen molar-refractivity contribution in [3.05, 3.63) is 41.9 Å². The molecule has 9 nitrogen and oxygen atoms in total. The molecule has 2 atom stereocenters. The van der Waals surface area contributed by atoms with Crippen molar-refractivity contribution in [1.82, 2.24) is 24.6 Å². The summed E-state index contributed by atoms with van der Waals surface area (Å²) in [7, 11) is 1.88. The summed E-state index contributed by atoms with van der Waals surface area (Å²) in [5.74, 6) is 1.86. The topological polar surface area (TPSA) is 100 Å². The Morgan fingerprint density at radius 1 is 1.18 bits per heavy atom. The molecule has 0 radical (unpaired) electrons. The normalized spacial score (nSPS) is 23.0. The number of carbonyl (C=O) groups excluding carboxylic acids is 1. The first-order chi connectivity index (χ1) is 19.0. The fourth-order valence-electron chi connectivity index (χ4n) is 6.14. The van der Waals surface area contributed by atoms with Gasteiger partial charge < -0.3 is 14.5 Å². The quantitative estimate of drug-likeness (QED) is 0.461. The second-order valence-corrected chi connectivity index (χ2v) is 11.4. The number of hydrogen-bond donors (Lipinski definition) is 0. The largest absolute Gasteiger partial charge is 0.377 e. The van der Waals surface area contributed by atoms with Crippen LogP contribution in [-0.4, -0.2) is 68.9 Å². The zero-order chi connectivity index (χ0) is 26.7. The molecule has 9 heteroatoms. The molecule has 2 aliphatic heterocycles. The minimum absolute atomic E-state index is 0.0805. The van der Waals surface area contributed by atoms with Crippen LogP contribution in [0.5, 0.6) is 0 Å². The maximum absolute atomic E-state index is 13.2. The van der Waals surface area contributed by atoms with Crippen molar-refractivity contribution in [2.45, 2.75) is 56.6 Å². The smallest absolute Gasteiger partial charge is 0.225 e. The first kappa shape index (κ1) is 24.3. The van der Waals surface area contributed by atoms with Gasteiger partial charge in [0.25, 0.3) is 0 Å². The first-order valence-corrected chi connectivity index (χ1v) is 14.1. The van der Waals surface area contributed by atoms with E-state index in [0.29, 0.717) is 36.9 Å². The van der Waals surface area contributed by atoms with E-state index in [1.165, 1.54) is 0 Å². The third-order valence-corrected chi connectivity index (χ3v) is 8.74. The second-order valence-electron chi connectivity index (χ2n) is 11.4. The van der Waals surface area contributed by atoms with E-state index in [1.807, 2.05) is 25.4 Å². The monoisotopic (exact) mass is 523 g/mol. The number of ether oxygens (including phenoxy) is 1. The molecule has 200 valence electrons. The summed E-state index contributed by atoms with van der Waals surface area (Å²) in [6, 6.07) is 6.65. The zero-order valence-corrected chi connectivity index (χ0v) is 22.3. The van der Waals surface area contributed by atoms with Crippen LogP contribution in [0.1, 0.15) is 61.4 Å². The van der Waals surface area contributed by atoms with E-state index in [1.54, 1.807) is 10.8 Å². The minimum atomic E-state index is 0.0805. The van der Waals surface area contributed by atoms with Gasteiger partial charge in [-0.2, -0.15) is 10.4 Å². The lowest BCUT2D eigenvalue weighted by molar-refractivity contribution is -0.142. The number of hydrogen-bond acceptors (Lipinski definition) is 7. The number of nitriles is 1. The second kappa shape index (κ2) is 9.45. The molecular formula is C30H33N7O2. The molecule has 0 spiro atoms. The molecule has 0 N–H and O–H groups in total. The average molecular weight is 524 g/mol. The van der Waals surface area contributed by atoms with Crippen LogP contribution >= 0.6 is 0 Å². The van der Waals surface area contributed by atoms with Gasteiger partial charge in [-0.05, 0) is 61.8 Å². The maximum Gasteiger partial charge on any atom is 0.225 e. The number of fused-ring (bicyclic) bond motifs is 1. The molecular weight excluding hydrogens is 490 g/mol. The highest BCUT2D eigenvalue weighted by Gasteiger charge is 2.42. The van der Waals surface area contributed by atoms with E-state index < -0.39 is 0 Å². The van der Waals surface area contributed by atoms with Crippen molar-refractivity contribution in [2.24, 2.45) is 13.0 Å². The van der Waals surface area contributed by atoms with E-state index in [-0.39, 0.29) is 18.1 Å². The number of nitrogens with zero attached hydrogens (tertiary/aromatic N) is 7. The van der Waals surface area contributed by atoms with Gasteiger partial charge in [-0.15, -0.1) is 0 Å². The van der Waals surface area contributed by atoms with Crippen molar-refractivity contribution in [3.8, 4) is 17.2 Å². The summed E-state index contributed by atoms with van der Waals surface area (Å²) in [5.41, 5.74) is 5.14. The Labute approximate surface area is 228 Å². The molecule has 2 saturated carbocycles. The van der Waals surface area contributed by atoms with Gasteiger partial charge in [0.1, 0.15) is 11.9 Å². The van der Waals surface area contributed by atoms with Gasteiger partial charge in [0.2, 0.25) is 5.91 Å². The number of aromatic nitrogens is 4. The average Bonchev–Trinajstić information content (AvgIpc) is 3.87. The van der Waals surface area contributed by atoms with E-state index in [2.05, 4.69) is 27.5 Å². The maximum atomic E-state index is 13.2. The summed E-state index contributed by atoms with van der Waals surface area (Å²) < 4.78 is 7.31. The minimum Gasteiger partial charge on any atom is -0.377 e. The molecule has 0 bridgehead atoms. The molecule has 2 aliphatic carbocycles. The number of rotatable bonds is 7. The SMILES string of the molecule is C=Cc1cc(-c2cc(C#N)c(N3CCN(C(=O)C[C@H]4CCO4)[C@H](C4CC4)C3)nc2C2CC2)c2cnn(C)c2n1. The van der Waals surface area contributed by atoms with Crippen molar-refractivity contribution in [2.75, 3.05) is 31.1 Å². The molecule has 1 amide bonds. The van der Waals surface area contributed by atoms with Gasteiger partial charge in [0.15, 0.2) is 5.65 Å². The van der Waals surface area contributed by atoms with Gasteiger partial charge in [-0.3, -0.25) is 9.48 Å². The van der Waals surface area contributed by atoms with Crippen LogP contribution in [0.15, 0.2) is 24.9 Å². The Balaban J connectivity index is 1.25. The lowest BCUT2D eigenvalue weighted by atomic mass is 9.96. The van der Waals surface area contributed by atoms with Crippen LogP contribution in [0.2, 0.25) is 0 Å². The van der Waals surface area contributed by atoms with E-state index in [4.69, 9.17) is 14.7 Å². The van der Waals surface area contributed by atoms with Gasteiger partial charge in [-0.1, -0.05) is 6.58 Å². The summed E-state index contributed by atoms with van der Waals surface area (Å²) in [6.45, 7) is 6.75. The van der Waals surface area contributed by atoms with Crippen molar-refractivity contribution < 1.29 is 9.53 Å². The molecule has 39 heavy (non-hydrogen) atoms. The summed E-state index contributed by atoms with van der Waals surface area (Å²) >= 11 is 0. The summed E-state index contributed by atoms with van der Waals surface area (Å²) in [6.07, 6.45) is 9.62. The molecule has 0 unspecified atom stereocenters. The third kappa shape index (κ3) is 4.37. The first-order valence-electron chi connectivity index (χ1n) is 14.1. The van der Waals surface area contributed by atoms with Crippen LogP contribution in [0.3, 0.4) is 0 Å². The predicted octanol–water partition coefficient (Wildman–Crippen LogP) is 4.03. The number of piperazine rings is 1. The Hall–Kier alpha value is -3.77. The Morgan fingerprint density at radius 3 is 2.67 bits per heavy atom. The van der Waals surface area contributed by atoms with Crippen LogP contribution < -0.4 is 4.90 Å². The summed E-state index contributed by atoms with van der Waals surface area (Å²) in [4.78, 5) is 27.4. The fraction of sp³-hybridized carbons (Fsp3) is 0.500. The molecule has 2 saturated heterocycles. The standard InChI is InChI=1S/C30H33N7O2/c1-3-21-13-23(25-16-32-35(2)30(25)33-21)24-12-20(15-31)29(34-28(24)19-6-7-19)36-9-10-37(26(17-36)18-4-5-18)27(38)14-22-8-11-39-22/h3,12-13,16,18-19,22,26H,1,4-11,14,17H2,2H3/t22-,26+/m1/s1. The molecule has 3 aromatic rings. The lowest BCUT2D eigenvalue weighted by Gasteiger charge is -2.43. The number of aryl methyl sites for hydroxylation is 1. The Morgan fingerprint density at radius 2 is 2.00 bits per heavy atom. The Bertz CT molecular complexity index is 1510. The van der Waals surface area contributed by atoms with Gasteiger partial charge in [0.05, 0.1) is 41.7 Å². The van der Waals surface area contributed by atoms with Gasteiger partial charge in [-0.25, -0.2) is 9.97 Å². The number of anilines is 1. The third-order valence-electron chi connectivity index (χ3n) is 8.74. The number of amides is 1. The van der Waals surface area contributed by atoms with Crippen LogP contribution in [0, 0.1) is 17.2 Å². The molecule has 4 fully saturated rings. The molecule has 4 aliphatic rings. The van der Waals surface area contributed by atoms with Crippen LogP contribution in [0.25, 0.3) is 28.2 Å².